The Balaban J connectivity index is 1.42. The van der Waals surface area contributed by atoms with Crippen LogP contribution in [0.1, 0.15) is 37.7 Å². The normalized spacial score (nSPS) is 20.2. The van der Waals surface area contributed by atoms with E-state index in [-0.39, 0.29) is 23.8 Å². The number of benzene rings is 1. The number of rotatable bonds is 7. The van der Waals surface area contributed by atoms with Crippen LogP contribution in [0.15, 0.2) is 30.3 Å². The third-order valence-corrected chi connectivity index (χ3v) is 7.23. The molecule has 0 bridgehead atoms. The molecule has 0 radical (unpaired) electrons. The van der Waals surface area contributed by atoms with Crippen molar-refractivity contribution in [2.24, 2.45) is 5.92 Å². The van der Waals surface area contributed by atoms with Gasteiger partial charge in [0.2, 0.25) is 10.0 Å². The fraction of sp³-hybridized carbons (Fsp3) is 0.600. The van der Waals surface area contributed by atoms with Crippen LogP contribution in [0.25, 0.3) is 0 Å². The summed E-state index contributed by atoms with van der Waals surface area (Å²) in [5.74, 6) is -1.08. The van der Waals surface area contributed by atoms with E-state index < -0.39 is 16.0 Å². The smallest absolute Gasteiger partial charge is 0.309 e. The summed E-state index contributed by atoms with van der Waals surface area (Å²) >= 11 is 0. The topological polar surface area (TPSA) is 92.8 Å². The van der Waals surface area contributed by atoms with E-state index in [1.165, 1.54) is 16.1 Å². The molecule has 1 aliphatic carbocycles. The lowest BCUT2D eigenvalue weighted by Crippen LogP contribution is -2.46. The number of sulfonamides is 1. The lowest BCUT2D eigenvalue weighted by Gasteiger charge is -2.42. The third kappa shape index (κ3) is 4.91. The zero-order valence-corrected chi connectivity index (χ0v) is 17.0. The zero-order chi connectivity index (χ0) is 20.2. The molecule has 2 fully saturated rings. The summed E-state index contributed by atoms with van der Waals surface area (Å²) in [7, 11) is -3.22. The first kappa shape index (κ1) is 20.8. The van der Waals surface area contributed by atoms with Crippen LogP contribution in [0, 0.1) is 5.92 Å². The number of esters is 1. The number of nitrogens with one attached hydrogen (secondary N) is 1. The van der Waals surface area contributed by atoms with Crippen LogP contribution < -0.4 is 5.32 Å². The number of piperidine rings is 1. The van der Waals surface area contributed by atoms with Gasteiger partial charge in [0.25, 0.3) is 5.91 Å². The van der Waals surface area contributed by atoms with Gasteiger partial charge in [-0.05, 0) is 31.2 Å². The Morgan fingerprint density at radius 1 is 1.18 bits per heavy atom. The molecule has 0 spiro atoms. The van der Waals surface area contributed by atoms with Crippen LogP contribution in [0.5, 0.6) is 0 Å². The first-order valence-corrected chi connectivity index (χ1v) is 11.6. The summed E-state index contributed by atoms with van der Waals surface area (Å²) in [4.78, 5) is 24.3. The van der Waals surface area contributed by atoms with Crippen LogP contribution in [-0.4, -0.2) is 57.1 Å². The molecule has 0 aromatic heterocycles. The first-order valence-electron chi connectivity index (χ1n) is 9.74. The lowest BCUT2D eigenvalue weighted by atomic mass is 9.64. The number of hydrogen-bond acceptors (Lipinski definition) is 5. The average molecular weight is 409 g/mol. The molecule has 1 heterocycles. The summed E-state index contributed by atoms with van der Waals surface area (Å²) in [6.07, 6.45) is 5.23. The van der Waals surface area contributed by atoms with Crippen molar-refractivity contribution in [1.82, 2.24) is 9.62 Å². The molecular weight excluding hydrogens is 380 g/mol. The van der Waals surface area contributed by atoms with Gasteiger partial charge in [-0.3, -0.25) is 9.59 Å². The van der Waals surface area contributed by atoms with Crippen molar-refractivity contribution in [3.8, 4) is 0 Å². The zero-order valence-electron chi connectivity index (χ0n) is 16.2. The molecule has 28 heavy (non-hydrogen) atoms. The van der Waals surface area contributed by atoms with Gasteiger partial charge in [-0.15, -0.1) is 0 Å². The van der Waals surface area contributed by atoms with Crippen molar-refractivity contribution in [3.05, 3.63) is 35.9 Å². The number of carbonyl (C=O) groups excluding carboxylic acids is 2. The van der Waals surface area contributed by atoms with E-state index in [9.17, 15) is 18.0 Å². The van der Waals surface area contributed by atoms with Crippen molar-refractivity contribution in [2.45, 2.75) is 37.5 Å². The van der Waals surface area contributed by atoms with E-state index >= 15 is 0 Å². The van der Waals surface area contributed by atoms with Gasteiger partial charge in [0.05, 0.1) is 12.2 Å². The molecule has 7 nitrogen and oxygen atoms in total. The average Bonchev–Trinajstić information content (AvgIpc) is 2.65. The SMILES string of the molecule is CS(=O)(=O)N1CCC(C(=O)OCC(=O)NCC2(c3ccccc3)CCC2)CC1. The molecule has 1 saturated carbocycles. The van der Waals surface area contributed by atoms with Crippen molar-refractivity contribution in [3.63, 3.8) is 0 Å². The highest BCUT2D eigenvalue weighted by atomic mass is 32.2. The summed E-state index contributed by atoms with van der Waals surface area (Å²) in [6, 6.07) is 10.2. The van der Waals surface area contributed by atoms with Crippen molar-refractivity contribution in [1.29, 1.82) is 0 Å². The molecule has 3 rings (SSSR count). The van der Waals surface area contributed by atoms with Gasteiger partial charge in [-0.2, -0.15) is 0 Å². The predicted octanol–water partition coefficient (Wildman–Crippen LogP) is 1.44. The largest absolute Gasteiger partial charge is 0.455 e. The van der Waals surface area contributed by atoms with Crippen LogP contribution in [-0.2, 0) is 29.8 Å². The molecule has 0 atom stereocenters. The van der Waals surface area contributed by atoms with Crippen LogP contribution in [0.4, 0.5) is 0 Å². The van der Waals surface area contributed by atoms with Gasteiger partial charge in [0.1, 0.15) is 0 Å². The fourth-order valence-electron chi connectivity index (χ4n) is 3.96. The molecule has 2 aliphatic rings. The fourth-order valence-corrected chi connectivity index (χ4v) is 4.83. The summed E-state index contributed by atoms with van der Waals surface area (Å²) in [5.41, 5.74) is 1.22. The standard InChI is InChI=1S/C20H28N2O5S/c1-28(25,26)22-12-8-16(9-13-22)19(24)27-14-18(23)21-15-20(10-5-11-20)17-6-3-2-4-7-17/h2-4,6-7,16H,5,8-15H2,1H3,(H,21,23). The van der Waals surface area contributed by atoms with E-state index in [0.717, 1.165) is 19.3 Å². The second-order valence-electron chi connectivity index (χ2n) is 7.82. The van der Waals surface area contributed by atoms with Gasteiger partial charge < -0.3 is 10.1 Å². The molecule has 1 N–H and O–H groups in total. The highest BCUT2D eigenvalue weighted by molar-refractivity contribution is 7.88. The van der Waals surface area contributed by atoms with Crippen LogP contribution >= 0.6 is 0 Å². The van der Waals surface area contributed by atoms with Crippen LogP contribution in [0.3, 0.4) is 0 Å². The van der Waals surface area contributed by atoms with Gasteiger partial charge in [-0.1, -0.05) is 36.8 Å². The summed E-state index contributed by atoms with van der Waals surface area (Å²) < 4.78 is 29.6. The van der Waals surface area contributed by atoms with Crippen molar-refractivity contribution >= 4 is 21.9 Å². The molecule has 1 amide bonds. The summed E-state index contributed by atoms with van der Waals surface area (Å²) in [5, 5.41) is 2.91. The maximum Gasteiger partial charge on any atom is 0.309 e. The van der Waals surface area contributed by atoms with Gasteiger partial charge >= 0.3 is 5.97 Å². The highest BCUT2D eigenvalue weighted by Crippen LogP contribution is 2.43. The number of amides is 1. The van der Waals surface area contributed by atoms with E-state index in [4.69, 9.17) is 4.74 Å². The number of carbonyl (C=O) groups is 2. The molecule has 8 heteroatoms. The lowest BCUT2D eigenvalue weighted by molar-refractivity contribution is -0.153. The van der Waals surface area contributed by atoms with Crippen LogP contribution in [0.2, 0.25) is 0 Å². The van der Waals surface area contributed by atoms with Crippen molar-refractivity contribution in [2.75, 3.05) is 32.5 Å². The second-order valence-corrected chi connectivity index (χ2v) is 9.80. The second kappa shape index (κ2) is 8.61. The molecular formula is C20H28N2O5S. The van der Waals surface area contributed by atoms with Crippen molar-refractivity contribution < 1.29 is 22.7 Å². The van der Waals surface area contributed by atoms with E-state index in [2.05, 4.69) is 17.4 Å². The monoisotopic (exact) mass is 408 g/mol. The minimum absolute atomic E-state index is 0.0145. The summed E-state index contributed by atoms with van der Waals surface area (Å²) in [6.45, 7) is 0.866. The molecule has 1 aromatic rings. The number of ether oxygens (including phenoxy) is 1. The Morgan fingerprint density at radius 3 is 2.36 bits per heavy atom. The highest BCUT2D eigenvalue weighted by Gasteiger charge is 2.38. The van der Waals surface area contributed by atoms with Gasteiger partial charge in [-0.25, -0.2) is 12.7 Å². The Morgan fingerprint density at radius 2 is 1.82 bits per heavy atom. The number of nitrogens with zero attached hydrogens (tertiary/aromatic N) is 1. The van der Waals surface area contributed by atoms with E-state index in [0.29, 0.717) is 32.5 Å². The minimum Gasteiger partial charge on any atom is -0.455 e. The number of hydrogen-bond donors (Lipinski definition) is 1. The Labute approximate surface area is 166 Å². The van der Waals surface area contributed by atoms with Gasteiger partial charge in [0, 0.05) is 25.0 Å². The molecule has 1 aromatic carbocycles. The maximum atomic E-state index is 12.2. The van der Waals surface area contributed by atoms with E-state index in [1.807, 2.05) is 18.2 Å². The first-order chi connectivity index (χ1) is 13.3. The molecule has 1 aliphatic heterocycles. The Bertz CT molecular complexity index is 797. The minimum atomic E-state index is -3.22. The molecule has 0 unspecified atom stereocenters. The maximum absolute atomic E-state index is 12.2. The quantitative estimate of drug-likeness (QED) is 0.689. The van der Waals surface area contributed by atoms with E-state index in [1.54, 1.807) is 0 Å². The predicted molar refractivity (Wildman–Crippen MR) is 105 cm³/mol. The Kier molecular flexibility index (Phi) is 6.40. The van der Waals surface area contributed by atoms with Gasteiger partial charge in [0.15, 0.2) is 6.61 Å². The third-order valence-electron chi connectivity index (χ3n) is 5.92. The molecule has 1 saturated heterocycles. The Hall–Kier alpha value is -1.93. The molecule has 154 valence electrons.